The summed E-state index contributed by atoms with van der Waals surface area (Å²) in [6, 6.07) is 10.2. The molecule has 2 N–H and O–H groups in total. The third kappa shape index (κ3) is 6.12. The lowest BCUT2D eigenvalue weighted by Gasteiger charge is -2.18. The molecule has 0 fully saturated rings. The molecule has 132 valence electrons. The van der Waals surface area contributed by atoms with Crippen LogP contribution < -0.4 is 5.32 Å². The van der Waals surface area contributed by atoms with Gasteiger partial charge in [-0.15, -0.1) is 0 Å². The van der Waals surface area contributed by atoms with E-state index < -0.39 is 0 Å². The van der Waals surface area contributed by atoms with Crippen molar-refractivity contribution in [3.05, 3.63) is 42.0 Å². The number of aliphatic hydroxyl groups excluding tert-OH is 1. The molecule has 0 radical (unpaired) electrons. The van der Waals surface area contributed by atoms with Crippen LogP contribution >= 0.6 is 0 Å². The summed E-state index contributed by atoms with van der Waals surface area (Å²) in [5.74, 6) is 2.42. The van der Waals surface area contributed by atoms with Crippen molar-refractivity contribution in [2.24, 2.45) is 22.7 Å². The number of nitrogens with one attached hydrogen (secondary N) is 1. The Bertz CT molecular complexity index is 548. The second-order valence-electron chi connectivity index (χ2n) is 7.37. The zero-order valence-corrected chi connectivity index (χ0v) is 15.3. The van der Waals surface area contributed by atoms with Crippen molar-refractivity contribution in [3.8, 4) is 0 Å². The van der Waals surface area contributed by atoms with Crippen LogP contribution in [0.25, 0.3) is 0 Å². The number of allylic oxidation sites excluding steroid dienone is 1. The fourth-order valence-electron chi connectivity index (χ4n) is 3.24. The first-order valence-corrected chi connectivity index (χ1v) is 9.26. The minimum absolute atomic E-state index is 0.269. The van der Waals surface area contributed by atoms with Crippen molar-refractivity contribution >= 4 is 11.5 Å². The fraction of sp³-hybridized carbons (Fsp3) is 0.571. The third-order valence-corrected chi connectivity index (χ3v) is 4.75. The van der Waals surface area contributed by atoms with E-state index in [2.05, 4.69) is 44.3 Å². The minimum Gasteiger partial charge on any atom is -0.396 e. The van der Waals surface area contributed by atoms with Gasteiger partial charge in [0.15, 0.2) is 0 Å². The van der Waals surface area contributed by atoms with Crippen LogP contribution in [-0.2, 0) is 0 Å². The van der Waals surface area contributed by atoms with Crippen molar-refractivity contribution in [2.45, 2.75) is 46.5 Å². The van der Waals surface area contributed by atoms with Gasteiger partial charge in [0.25, 0.3) is 0 Å². The van der Waals surface area contributed by atoms with Gasteiger partial charge >= 0.3 is 0 Å². The highest BCUT2D eigenvalue weighted by Crippen LogP contribution is 2.25. The molecule has 0 saturated carbocycles. The summed E-state index contributed by atoms with van der Waals surface area (Å²) < 4.78 is 0. The Morgan fingerprint density at radius 3 is 2.62 bits per heavy atom. The average Bonchev–Trinajstić information content (AvgIpc) is 2.67. The molecule has 2 rings (SSSR count). The molecule has 1 unspecified atom stereocenters. The number of nitrogens with zero attached hydrogens (tertiary/aromatic N) is 1. The van der Waals surface area contributed by atoms with Gasteiger partial charge in [0, 0.05) is 18.8 Å². The maximum Gasteiger partial charge on any atom is 0.125 e. The molecule has 1 aliphatic rings. The maximum atomic E-state index is 9.35. The molecule has 0 saturated heterocycles. The van der Waals surface area contributed by atoms with Crippen molar-refractivity contribution in [1.82, 2.24) is 0 Å². The number of rotatable bonds is 5. The van der Waals surface area contributed by atoms with Crippen LogP contribution in [0.3, 0.4) is 0 Å². The predicted molar refractivity (Wildman–Crippen MR) is 103 cm³/mol. The molecule has 0 amide bonds. The lowest BCUT2D eigenvalue weighted by molar-refractivity contribution is 0.210. The van der Waals surface area contributed by atoms with E-state index >= 15 is 0 Å². The van der Waals surface area contributed by atoms with E-state index in [1.165, 1.54) is 18.4 Å². The van der Waals surface area contributed by atoms with E-state index in [-0.39, 0.29) is 6.61 Å². The highest BCUT2D eigenvalue weighted by atomic mass is 16.3. The molecule has 1 heterocycles. The molecule has 3 heteroatoms. The van der Waals surface area contributed by atoms with Gasteiger partial charge in [-0.2, -0.15) is 0 Å². The maximum absolute atomic E-state index is 9.35. The largest absolute Gasteiger partial charge is 0.396 e. The van der Waals surface area contributed by atoms with Gasteiger partial charge < -0.3 is 10.4 Å². The van der Waals surface area contributed by atoms with Gasteiger partial charge in [-0.25, -0.2) is 0 Å². The minimum atomic E-state index is 0.269. The van der Waals surface area contributed by atoms with Gasteiger partial charge in [-0.1, -0.05) is 44.5 Å². The zero-order valence-electron chi connectivity index (χ0n) is 15.3. The molecule has 0 aliphatic carbocycles. The molecule has 0 bridgehead atoms. The van der Waals surface area contributed by atoms with Crippen LogP contribution in [-0.4, -0.2) is 24.1 Å². The van der Waals surface area contributed by atoms with E-state index in [0.29, 0.717) is 17.8 Å². The van der Waals surface area contributed by atoms with Crippen LogP contribution in [0.5, 0.6) is 0 Å². The Balaban J connectivity index is 2.16. The summed E-state index contributed by atoms with van der Waals surface area (Å²) in [7, 11) is 0. The predicted octanol–water partition coefficient (Wildman–Crippen LogP) is 4.90. The van der Waals surface area contributed by atoms with Crippen LogP contribution in [0.15, 0.2) is 47.0 Å². The number of aliphatic imine (C=N–C) groups is 1. The molecule has 1 aromatic rings. The molecule has 0 spiro atoms. The molecule has 24 heavy (non-hydrogen) atoms. The van der Waals surface area contributed by atoms with Crippen molar-refractivity contribution in [3.63, 3.8) is 0 Å². The first kappa shape index (κ1) is 18.7. The van der Waals surface area contributed by atoms with E-state index in [9.17, 15) is 5.11 Å². The van der Waals surface area contributed by atoms with Gasteiger partial charge in [-0.3, -0.25) is 4.99 Å². The first-order chi connectivity index (χ1) is 11.6. The number of para-hydroxylation sites is 1. The Morgan fingerprint density at radius 2 is 1.96 bits per heavy atom. The number of aliphatic hydroxyl groups is 1. The first-order valence-electron chi connectivity index (χ1n) is 9.26. The van der Waals surface area contributed by atoms with Crippen molar-refractivity contribution in [2.75, 3.05) is 18.5 Å². The molecule has 1 aliphatic heterocycles. The SMILES string of the molecule is CC(C)/C1=C\C(Nc2ccccc2)=NCC(C[C@@H](C)CO)CCC1. The van der Waals surface area contributed by atoms with E-state index in [0.717, 1.165) is 30.9 Å². The lowest BCUT2D eigenvalue weighted by Crippen LogP contribution is -2.15. The highest BCUT2D eigenvalue weighted by molar-refractivity contribution is 6.04. The molecule has 1 aromatic carbocycles. The van der Waals surface area contributed by atoms with E-state index in [1.807, 2.05) is 18.2 Å². The quantitative estimate of drug-likeness (QED) is 0.807. The Kier molecular flexibility index (Phi) is 7.51. The second kappa shape index (κ2) is 9.63. The average molecular weight is 329 g/mol. The van der Waals surface area contributed by atoms with Gasteiger partial charge in [0.1, 0.15) is 5.84 Å². The lowest BCUT2D eigenvalue weighted by atomic mass is 9.90. The van der Waals surface area contributed by atoms with Gasteiger partial charge in [0.2, 0.25) is 0 Å². The third-order valence-electron chi connectivity index (χ3n) is 4.75. The smallest absolute Gasteiger partial charge is 0.125 e. The highest BCUT2D eigenvalue weighted by Gasteiger charge is 2.16. The molecule has 0 aromatic heterocycles. The fourth-order valence-corrected chi connectivity index (χ4v) is 3.24. The summed E-state index contributed by atoms with van der Waals surface area (Å²) in [6.07, 6.45) is 6.83. The Morgan fingerprint density at radius 1 is 1.21 bits per heavy atom. The van der Waals surface area contributed by atoms with Crippen molar-refractivity contribution in [1.29, 1.82) is 0 Å². The number of amidine groups is 1. The standard InChI is InChI=1S/C21H32N2O/c1-16(2)19-9-7-8-18(12-17(3)15-24)14-22-21(13-19)23-20-10-5-4-6-11-20/h4-6,10-11,13,16-18,24H,7-9,12,14-15H2,1-3H3,(H,22,23)/b19-13-/t17-,18?/m1/s1. The molecule has 2 atom stereocenters. The van der Waals surface area contributed by atoms with Gasteiger partial charge in [0.05, 0.1) is 0 Å². The number of hydrogen-bond acceptors (Lipinski definition) is 3. The summed E-state index contributed by atoms with van der Waals surface area (Å²) in [4.78, 5) is 4.89. The second-order valence-corrected chi connectivity index (χ2v) is 7.37. The van der Waals surface area contributed by atoms with Crippen LogP contribution in [0.4, 0.5) is 5.69 Å². The van der Waals surface area contributed by atoms with Crippen LogP contribution in [0, 0.1) is 17.8 Å². The van der Waals surface area contributed by atoms with Crippen LogP contribution in [0.2, 0.25) is 0 Å². The zero-order chi connectivity index (χ0) is 17.4. The van der Waals surface area contributed by atoms with Crippen molar-refractivity contribution < 1.29 is 5.11 Å². The monoisotopic (exact) mass is 328 g/mol. The summed E-state index contributed by atoms with van der Waals surface area (Å²) in [5, 5.41) is 12.8. The molecule has 3 nitrogen and oxygen atoms in total. The Labute approximate surface area is 146 Å². The van der Waals surface area contributed by atoms with E-state index in [4.69, 9.17) is 4.99 Å². The number of benzene rings is 1. The Hall–Kier alpha value is -1.61. The molecular weight excluding hydrogens is 296 g/mol. The van der Waals surface area contributed by atoms with Gasteiger partial charge in [-0.05, 0) is 61.6 Å². The molecular formula is C21H32N2O. The van der Waals surface area contributed by atoms with Crippen LogP contribution in [0.1, 0.15) is 46.5 Å². The summed E-state index contributed by atoms with van der Waals surface area (Å²) >= 11 is 0. The summed E-state index contributed by atoms with van der Waals surface area (Å²) in [5.41, 5.74) is 2.54. The topological polar surface area (TPSA) is 44.6 Å². The summed E-state index contributed by atoms with van der Waals surface area (Å²) in [6.45, 7) is 7.74. The number of hydrogen-bond donors (Lipinski definition) is 2. The number of anilines is 1. The van der Waals surface area contributed by atoms with E-state index in [1.54, 1.807) is 0 Å². The normalized spacial score (nSPS) is 22.6.